The summed E-state index contributed by atoms with van der Waals surface area (Å²) in [5.74, 6) is 0.507. The van der Waals surface area contributed by atoms with Crippen LogP contribution in [0.3, 0.4) is 0 Å². The number of rotatable bonds is 6. The number of nitrogens with one attached hydrogen (secondary N) is 1. The Hall–Kier alpha value is -0.350. The van der Waals surface area contributed by atoms with Crippen LogP contribution in [-0.2, 0) is 12.8 Å². The van der Waals surface area contributed by atoms with Gasteiger partial charge >= 0.3 is 0 Å². The van der Waals surface area contributed by atoms with Gasteiger partial charge in [0.15, 0.2) is 0 Å². The van der Waals surface area contributed by atoms with Gasteiger partial charge in [-0.25, -0.2) is 0 Å². The highest BCUT2D eigenvalue weighted by molar-refractivity contribution is 9.10. The lowest BCUT2D eigenvalue weighted by Gasteiger charge is -2.18. The molecule has 1 atom stereocenters. The lowest BCUT2D eigenvalue weighted by atomic mass is 9.92. The predicted octanol–water partition coefficient (Wildman–Crippen LogP) is 5.49. The highest BCUT2D eigenvalue weighted by Gasteiger charge is 2.13. The van der Waals surface area contributed by atoms with E-state index in [0.29, 0.717) is 5.92 Å². The average molecular weight is 432 g/mol. The summed E-state index contributed by atoms with van der Waals surface area (Å²) in [6.07, 6.45) is 1.99. The minimum Gasteiger partial charge on any atom is -0.319 e. The van der Waals surface area contributed by atoms with Crippen molar-refractivity contribution >= 4 is 43.5 Å². The molecule has 1 N–H and O–H groups in total. The molecule has 1 nitrogen and oxygen atoms in total. The third-order valence-electron chi connectivity index (χ3n) is 3.48. The average Bonchev–Trinajstić information content (AvgIpc) is 2.44. The summed E-state index contributed by atoms with van der Waals surface area (Å²) in [7, 11) is 2.00. The van der Waals surface area contributed by atoms with Crippen molar-refractivity contribution in [3.63, 3.8) is 0 Å². The van der Waals surface area contributed by atoms with Crippen LogP contribution < -0.4 is 5.32 Å². The van der Waals surface area contributed by atoms with Crippen LogP contribution >= 0.6 is 43.5 Å². The van der Waals surface area contributed by atoms with Gasteiger partial charge in [0.25, 0.3) is 0 Å². The Morgan fingerprint density at radius 3 is 2.43 bits per heavy atom. The summed E-state index contributed by atoms with van der Waals surface area (Å²) in [5.41, 5.74) is 2.54. The molecule has 0 aliphatic heterocycles. The summed E-state index contributed by atoms with van der Waals surface area (Å²) in [5, 5.41) is 4.12. The first-order valence-electron chi connectivity index (χ1n) is 6.92. The first-order valence-corrected chi connectivity index (χ1v) is 8.88. The second-order valence-corrected chi connectivity index (χ2v) is 7.34. The minimum absolute atomic E-state index is 0.507. The molecule has 0 fully saturated rings. The third kappa shape index (κ3) is 5.10. The van der Waals surface area contributed by atoms with Crippen LogP contribution in [0.2, 0.25) is 5.02 Å². The number of hydrogen-bond acceptors (Lipinski definition) is 1. The Labute approximate surface area is 148 Å². The van der Waals surface area contributed by atoms with Gasteiger partial charge in [-0.3, -0.25) is 0 Å². The maximum atomic E-state index is 6.35. The molecular weight excluding hydrogens is 413 g/mol. The van der Waals surface area contributed by atoms with E-state index in [2.05, 4.69) is 67.5 Å². The summed E-state index contributed by atoms with van der Waals surface area (Å²) in [4.78, 5) is 0. The highest BCUT2D eigenvalue weighted by Crippen LogP contribution is 2.26. The third-order valence-corrected chi connectivity index (χ3v) is 5.10. The van der Waals surface area contributed by atoms with Crippen molar-refractivity contribution in [3.8, 4) is 0 Å². The Kier molecular flexibility index (Phi) is 6.74. The Bertz CT molecular complexity index is 601. The smallest absolute Gasteiger partial charge is 0.0449 e. The Morgan fingerprint density at radius 2 is 1.76 bits per heavy atom. The Morgan fingerprint density at radius 1 is 1.05 bits per heavy atom. The molecule has 112 valence electrons. The van der Waals surface area contributed by atoms with Crippen molar-refractivity contribution in [3.05, 3.63) is 67.6 Å². The molecule has 0 saturated heterocycles. The van der Waals surface area contributed by atoms with Gasteiger partial charge in [-0.1, -0.05) is 67.7 Å². The van der Waals surface area contributed by atoms with Crippen molar-refractivity contribution in [1.29, 1.82) is 0 Å². The molecule has 0 radical (unpaired) electrons. The van der Waals surface area contributed by atoms with Gasteiger partial charge < -0.3 is 5.32 Å². The number of halogens is 3. The summed E-state index contributed by atoms with van der Waals surface area (Å²) < 4.78 is 2.19. The van der Waals surface area contributed by atoms with E-state index in [1.54, 1.807) is 0 Å². The molecule has 0 aromatic heterocycles. The molecule has 0 aliphatic carbocycles. The topological polar surface area (TPSA) is 12.0 Å². The van der Waals surface area contributed by atoms with E-state index in [1.807, 2.05) is 19.2 Å². The van der Waals surface area contributed by atoms with E-state index in [4.69, 9.17) is 11.6 Å². The first-order chi connectivity index (χ1) is 10.1. The lowest BCUT2D eigenvalue weighted by Crippen LogP contribution is -2.23. The fourth-order valence-corrected chi connectivity index (χ4v) is 3.68. The molecule has 0 spiro atoms. The standard InChI is InChI=1S/C17H18Br2ClN/c1-21-11-12(8-13-4-2-3-5-16(13)19)9-14-6-7-15(18)10-17(14)20/h2-7,10,12,21H,8-9,11H2,1H3. The zero-order valence-corrected chi connectivity index (χ0v) is 15.8. The van der Waals surface area contributed by atoms with Gasteiger partial charge in [0.05, 0.1) is 0 Å². The zero-order valence-electron chi connectivity index (χ0n) is 11.9. The van der Waals surface area contributed by atoms with Crippen LogP contribution in [0, 0.1) is 5.92 Å². The molecule has 2 rings (SSSR count). The van der Waals surface area contributed by atoms with E-state index in [-0.39, 0.29) is 0 Å². The molecule has 0 amide bonds. The molecule has 0 aliphatic rings. The quantitative estimate of drug-likeness (QED) is 0.638. The number of benzene rings is 2. The van der Waals surface area contributed by atoms with Crippen LogP contribution in [0.1, 0.15) is 11.1 Å². The molecule has 2 aromatic rings. The van der Waals surface area contributed by atoms with Gasteiger partial charge in [-0.15, -0.1) is 0 Å². The largest absolute Gasteiger partial charge is 0.319 e. The maximum Gasteiger partial charge on any atom is 0.0449 e. The normalized spacial score (nSPS) is 12.4. The van der Waals surface area contributed by atoms with Crippen LogP contribution in [0.15, 0.2) is 51.4 Å². The number of hydrogen-bond donors (Lipinski definition) is 1. The summed E-state index contributed by atoms with van der Waals surface area (Å²) in [6.45, 7) is 0.966. The fraction of sp³-hybridized carbons (Fsp3) is 0.294. The van der Waals surface area contributed by atoms with Crippen molar-refractivity contribution < 1.29 is 0 Å². The van der Waals surface area contributed by atoms with E-state index in [1.165, 1.54) is 15.6 Å². The van der Waals surface area contributed by atoms with Crippen molar-refractivity contribution in [1.82, 2.24) is 5.32 Å². The first kappa shape index (κ1) is 17.0. The fourth-order valence-electron chi connectivity index (χ4n) is 2.48. The minimum atomic E-state index is 0.507. The summed E-state index contributed by atoms with van der Waals surface area (Å²) >= 11 is 13.4. The van der Waals surface area contributed by atoms with Crippen LogP contribution in [-0.4, -0.2) is 13.6 Å². The molecule has 0 saturated carbocycles. The molecule has 21 heavy (non-hydrogen) atoms. The van der Waals surface area contributed by atoms with Gasteiger partial charge in [0.2, 0.25) is 0 Å². The van der Waals surface area contributed by atoms with E-state index < -0.39 is 0 Å². The molecule has 0 heterocycles. The van der Waals surface area contributed by atoms with Crippen molar-refractivity contribution in [2.75, 3.05) is 13.6 Å². The van der Waals surface area contributed by atoms with Crippen LogP contribution in [0.4, 0.5) is 0 Å². The zero-order chi connectivity index (χ0) is 15.2. The van der Waals surface area contributed by atoms with Gasteiger partial charge in [-0.05, 0) is 61.7 Å². The predicted molar refractivity (Wildman–Crippen MR) is 98.1 cm³/mol. The van der Waals surface area contributed by atoms with E-state index in [9.17, 15) is 0 Å². The second kappa shape index (κ2) is 8.33. The van der Waals surface area contributed by atoms with Crippen LogP contribution in [0.25, 0.3) is 0 Å². The lowest BCUT2D eigenvalue weighted by molar-refractivity contribution is 0.492. The van der Waals surface area contributed by atoms with E-state index >= 15 is 0 Å². The molecule has 0 bridgehead atoms. The highest BCUT2D eigenvalue weighted by atomic mass is 79.9. The molecule has 1 unspecified atom stereocenters. The Balaban J connectivity index is 2.14. The molecule has 4 heteroatoms. The van der Waals surface area contributed by atoms with Crippen molar-refractivity contribution in [2.45, 2.75) is 12.8 Å². The SMILES string of the molecule is CNCC(Cc1ccc(Br)cc1Cl)Cc1ccccc1Br. The maximum absolute atomic E-state index is 6.35. The monoisotopic (exact) mass is 429 g/mol. The summed E-state index contributed by atoms with van der Waals surface area (Å²) in [6, 6.07) is 14.5. The van der Waals surface area contributed by atoms with Gasteiger partial charge in [0.1, 0.15) is 0 Å². The second-order valence-electron chi connectivity index (χ2n) is 5.16. The van der Waals surface area contributed by atoms with Crippen LogP contribution in [0.5, 0.6) is 0 Å². The van der Waals surface area contributed by atoms with Crippen molar-refractivity contribution in [2.24, 2.45) is 5.92 Å². The van der Waals surface area contributed by atoms with Gasteiger partial charge in [0, 0.05) is 14.0 Å². The molecule has 2 aromatic carbocycles. The van der Waals surface area contributed by atoms with E-state index in [0.717, 1.165) is 28.9 Å². The molecular formula is C17H18Br2ClN. The van der Waals surface area contributed by atoms with Gasteiger partial charge in [-0.2, -0.15) is 0 Å².